The molecule has 9 nitrogen and oxygen atoms in total. The molecule has 0 aromatic heterocycles. The van der Waals surface area contributed by atoms with E-state index >= 15 is 0 Å². The van der Waals surface area contributed by atoms with E-state index in [0.717, 1.165) is 6.07 Å². The average Bonchev–Trinajstić information content (AvgIpc) is 2.52. The van der Waals surface area contributed by atoms with Gasteiger partial charge in [-0.05, 0) is 12.1 Å². The SMILES string of the molecule is CCN(CC)S(=O)(=O)c1ccc(NCCNC(C)=O)c([N+](=O)[O-])c1. The molecule has 0 atom stereocenters. The molecule has 0 saturated carbocycles. The number of benzene rings is 1. The van der Waals surface area contributed by atoms with Crippen LogP contribution in [0.3, 0.4) is 0 Å². The predicted molar refractivity (Wildman–Crippen MR) is 90.4 cm³/mol. The van der Waals surface area contributed by atoms with Gasteiger partial charge in [-0.15, -0.1) is 0 Å². The molecular weight excluding hydrogens is 336 g/mol. The van der Waals surface area contributed by atoms with Crippen LogP contribution in [0.25, 0.3) is 0 Å². The highest BCUT2D eigenvalue weighted by Crippen LogP contribution is 2.28. The predicted octanol–water partition coefficient (Wildman–Crippen LogP) is 1.17. The molecule has 10 heteroatoms. The molecule has 0 aliphatic carbocycles. The highest BCUT2D eigenvalue weighted by atomic mass is 32.2. The van der Waals surface area contributed by atoms with E-state index < -0.39 is 14.9 Å². The Balaban J connectivity index is 3.07. The van der Waals surface area contributed by atoms with Crippen LogP contribution < -0.4 is 10.6 Å². The summed E-state index contributed by atoms with van der Waals surface area (Å²) in [6.07, 6.45) is 0. The standard InChI is InChI=1S/C14H22N4O5S/c1-4-17(5-2)24(22,23)12-6-7-13(14(10-12)18(20)21)16-9-8-15-11(3)19/h6-7,10,16H,4-5,8-9H2,1-3H3,(H,15,19). The van der Waals surface area contributed by atoms with Gasteiger partial charge in [0.15, 0.2) is 0 Å². The molecule has 0 unspecified atom stereocenters. The van der Waals surface area contributed by atoms with Crippen molar-refractivity contribution in [2.45, 2.75) is 25.7 Å². The van der Waals surface area contributed by atoms with Gasteiger partial charge in [0.2, 0.25) is 15.9 Å². The zero-order valence-electron chi connectivity index (χ0n) is 13.9. The topological polar surface area (TPSA) is 122 Å². The van der Waals surface area contributed by atoms with Crippen molar-refractivity contribution in [3.63, 3.8) is 0 Å². The van der Waals surface area contributed by atoms with Crippen LogP contribution in [0.5, 0.6) is 0 Å². The lowest BCUT2D eigenvalue weighted by molar-refractivity contribution is -0.384. The summed E-state index contributed by atoms with van der Waals surface area (Å²) < 4.78 is 26.1. The lowest BCUT2D eigenvalue weighted by Crippen LogP contribution is -2.30. The third-order valence-electron chi connectivity index (χ3n) is 3.32. The number of nitro groups is 1. The van der Waals surface area contributed by atoms with Crippen LogP contribution in [0.2, 0.25) is 0 Å². The average molecular weight is 358 g/mol. The summed E-state index contributed by atoms with van der Waals surface area (Å²) in [6, 6.07) is 3.75. The summed E-state index contributed by atoms with van der Waals surface area (Å²) >= 11 is 0. The highest BCUT2D eigenvalue weighted by Gasteiger charge is 2.25. The quantitative estimate of drug-likeness (QED) is 0.388. The van der Waals surface area contributed by atoms with Crippen molar-refractivity contribution in [1.29, 1.82) is 0 Å². The number of rotatable bonds is 9. The Bertz CT molecular complexity index is 701. The van der Waals surface area contributed by atoms with Gasteiger partial charge in [-0.3, -0.25) is 14.9 Å². The molecule has 0 saturated heterocycles. The molecule has 1 rings (SSSR count). The van der Waals surface area contributed by atoms with Crippen molar-refractivity contribution in [3.05, 3.63) is 28.3 Å². The van der Waals surface area contributed by atoms with E-state index in [2.05, 4.69) is 10.6 Å². The van der Waals surface area contributed by atoms with E-state index in [1.165, 1.54) is 23.4 Å². The Morgan fingerprint density at radius 3 is 2.38 bits per heavy atom. The summed E-state index contributed by atoms with van der Waals surface area (Å²) in [6.45, 7) is 5.91. The van der Waals surface area contributed by atoms with Crippen LogP contribution in [0, 0.1) is 10.1 Å². The number of anilines is 1. The zero-order chi connectivity index (χ0) is 18.3. The first-order chi connectivity index (χ1) is 11.2. The van der Waals surface area contributed by atoms with Crippen molar-refractivity contribution >= 4 is 27.3 Å². The molecule has 0 heterocycles. The molecule has 24 heavy (non-hydrogen) atoms. The van der Waals surface area contributed by atoms with Gasteiger partial charge in [0.1, 0.15) is 5.69 Å². The maximum absolute atomic E-state index is 12.5. The minimum atomic E-state index is -3.77. The number of hydrogen-bond donors (Lipinski definition) is 2. The second-order valence-electron chi connectivity index (χ2n) is 4.94. The molecule has 0 aliphatic heterocycles. The molecule has 0 radical (unpaired) electrons. The van der Waals surface area contributed by atoms with Gasteiger partial charge in [-0.2, -0.15) is 4.31 Å². The Morgan fingerprint density at radius 1 is 1.25 bits per heavy atom. The summed E-state index contributed by atoms with van der Waals surface area (Å²) in [5, 5.41) is 16.6. The molecule has 0 bridgehead atoms. The number of carbonyl (C=O) groups is 1. The van der Waals surface area contributed by atoms with Gasteiger partial charge < -0.3 is 10.6 Å². The lowest BCUT2D eigenvalue weighted by atomic mass is 10.2. The van der Waals surface area contributed by atoms with Gasteiger partial charge in [0.25, 0.3) is 5.69 Å². The molecule has 1 aromatic rings. The summed E-state index contributed by atoms with van der Waals surface area (Å²) in [4.78, 5) is 21.3. The Labute approximate surface area is 141 Å². The van der Waals surface area contributed by atoms with Gasteiger partial charge in [0, 0.05) is 39.2 Å². The first kappa shape index (κ1) is 19.8. The van der Waals surface area contributed by atoms with Crippen LogP contribution in [0.1, 0.15) is 20.8 Å². The minimum absolute atomic E-state index is 0.120. The van der Waals surface area contributed by atoms with Crippen LogP contribution in [0.4, 0.5) is 11.4 Å². The van der Waals surface area contributed by atoms with Crippen LogP contribution in [-0.4, -0.2) is 49.7 Å². The second kappa shape index (κ2) is 8.60. The van der Waals surface area contributed by atoms with E-state index in [0.29, 0.717) is 6.54 Å². The minimum Gasteiger partial charge on any atom is -0.378 e. The van der Waals surface area contributed by atoms with Gasteiger partial charge in [-0.25, -0.2) is 8.42 Å². The molecular formula is C14H22N4O5S. The Kier molecular flexibility index (Phi) is 7.11. The summed E-state index contributed by atoms with van der Waals surface area (Å²) in [5.41, 5.74) is -0.130. The number of nitrogens with one attached hydrogen (secondary N) is 2. The van der Waals surface area contributed by atoms with Gasteiger partial charge in [-0.1, -0.05) is 13.8 Å². The van der Waals surface area contributed by atoms with Crippen molar-refractivity contribution in [2.75, 3.05) is 31.5 Å². The summed E-state index contributed by atoms with van der Waals surface area (Å²) in [7, 11) is -3.77. The first-order valence-electron chi connectivity index (χ1n) is 7.50. The number of carbonyl (C=O) groups excluding carboxylic acids is 1. The lowest BCUT2D eigenvalue weighted by Gasteiger charge is -2.18. The Hall–Kier alpha value is -2.20. The van der Waals surface area contributed by atoms with E-state index in [1.54, 1.807) is 13.8 Å². The number of amides is 1. The largest absolute Gasteiger partial charge is 0.378 e. The fourth-order valence-electron chi connectivity index (χ4n) is 2.12. The first-order valence-corrected chi connectivity index (χ1v) is 8.94. The fraction of sp³-hybridized carbons (Fsp3) is 0.500. The van der Waals surface area contributed by atoms with E-state index in [9.17, 15) is 23.3 Å². The fourth-order valence-corrected chi connectivity index (χ4v) is 3.60. The normalized spacial score (nSPS) is 11.3. The molecule has 134 valence electrons. The number of nitrogens with zero attached hydrogens (tertiary/aromatic N) is 2. The second-order valence-corrected chi connectivity index (χ2v) is 6.87. The third-order valence-corrected chi connectivity index (χ3v) is 5.37. The van der Waals surface area contributed by atoms with Crippen molar-refractivity contribution in [2.24, 2.45) is 0 Å². The van der Waals surface area contributed by atoms with Crippen molar-refractivity contribution < 1.29 is 18.1 Å². The van der Waals surface area contributed by atoms with E-state index in [-0.39, 0.29) is 41.8 Å². The maximum atomic E-state index is 12.5. The molecule has 1 amide bonds. The number of hydrogen-bond acceptors (Lipinski definition) is 6. The molecule has 2 N–H and O–H groups in total. The van der Waals surface area contributed by atoms with Gasteiger partial charge >= 0.3 is 0 Å². The van der Waals surface area contributed by atoms with Crippen LogP contribution in [0.15, 0.2) is 23.1 Å². The Morgan fingerprint density at radius 2 is 1.88 bits per heavy atom. The molecule has 0 spiro atoms. The zero-order valence-corrected chi connectivity index (χ0v) is 14.7. The van der Waals surface area contributed by atoms with Crippen molar-refractivity contribution in [1.82, 2.24) is 9.62 Å². The smallest absolute Gasteiger partial charge is 0.293 e. The van der Waals surface area contributed by atoms with Crippen LogP contribution >= 0.6 is 0 Å². The molecule has 1 aromatic carbocycles. The van der Waals surface area contributed by atoms with E-state index in [1.807, 2.05) is 0 Å². The van der Waals surface area contributed by atoms with Crippen molar-refractivity contribution in [3.8, 4) is 0 Å². The summed E-state index contributed by atoms with van der Waals surface area (Å²) in [5.74, 6) is -0.202. The number of sulfonamides is 1. The monoisotopic (exact) mass is 358 g/mol. The van der Waals surface area contributed by atoms with E-state index in [4.69, 9.17) is 0 Å². The highest BCUT2D eigenvalue weighted by molar-refractivity contribution is 7.89. The molecule has 0 aliphatic rings. The van der Waals surface area contributed by atoms with Crippen LogP contribution in [-0.2, 0) is 14.8 Å². The van der Waals surface area contributed by atoms with Gasteiger partial charge in [0.05, 0.1) is 9.82 Å². The maximum Gasteiger partial charge on any atom is 0.293 e. The number of nitro benzene ring substituents is 1. The third kappa shape index (κ3) is 4.90. The molecule has 0 fully saturated rings.